The first kappa shape index (κ1) is 23.2. The molecule has 1 aliphatic rings. The normalized spacial score (nSPS) is 16.4. The molecular formula is C25H25N3O3S2. The summed E-state index contributed by atoms with van der Waals surface area (Å²) in [6.07, 6.45) is 3.93. The smallest absolute Gasteiger partial charge is 0.325 e. The van der Waals surface area contributed by atoms with Crippen LogP contribution in [0.2, 0.25) is 0 Å². The molecule has 3 aromatic rings. The van der Waals surface area contributed by atoms with E-state index >= 15 is 0 Å². The van der Waals surface area contributed by atoms with Gasteiger partial charge in [-0.15, -0.1) is 11.8 Å². The lowest BCUT2D eigenvalue weighted by atomic mass is 10.1. The van der Waals surface area contributed by atoms with Crippen LogP contribution in [0.1, 0.15) is 18.2 Å². The molecule has 1 aromatic heterocycles. The number of carbonyl (C=O) groups is 2. The summed E-state index contributed by atoms with van der Waals surface area (Å²) in [5.41, 5.74) is 3.57. The van der Waals surface area contributed by atoms with E-state index in [1.807, 2.05) is 72.4 Å². The maximum atomic E-state index is 13.0. The van der Waals surface area contributed by atoms with Gasteiger partial charge >= 0.3 is 5.97 Å². The molecule has 8 heteroatoms. The summed E-state index contributed by atoms with van der Waals surface area (Å²) in [4.78, 5) is 33.2. The monoisotopic (exact) mass is 479 g/mol. The van der Waals surface area contributed by atoms with E-state index in [9.17, 15) is 9.59 Å². The number of esters is 1. The Labute approximate surface area is 201 Å². The molecule has 2 heterocycles. The molecule has 33 heavy (non-hydrogen) atoms. The van der Waals surface area contributed by atoms with E-state index in [4.69, 9.17) is 9.73 Å². The van der Waals surface area contributed by atoms with Crippen molar-refractivity contribution in [2.45, 2.75) is 25.3 Å². The Morgan fingerprint density at radius 2 is 2.00 bits per heavy atom. The Morgan fingerprint density at radius 3 is 2.76 bits per heavy atom. The first-order chi connectivity index (χ1) is 15.9. The molecule has 0 spiro atoms. The molecule has 0 aliphatic carbocycles. The topological polar surface area (TPSA) is 63.9 Å². The number of likely N-dealkylation sites (N-methyl/N-ethyl adjacent to an activating group) is 1. The SMILES string of the molecule is CCOC(=O)Cn1c(C)c(/C=C2\SC(=Nc3cccc(SC)c3)N(C)C2=O)c2ccccc21. The summed E-state index contributed by atoms with van der Waals surface area (Å²) in [6.45, 7) is 4.23. The number of rotatable bonds is 6. The Bertz CT molecular complexity index is 1290. The van der Waals surface area contributed by atoms with Crippen LogP contribution >= 0.6 is 23.5 Å². The number of amidine groups is 1. The van der Waals surface area contributed by atoms with Crippen LogP contribution in [0, 0.1) is 6.92 Å². The second-order valence-electron chi connectivity index (χ2n) is 7.48. The highest BCUT2D eigenvalue weighted by Gasteiger charge is 2.31. The number of nitrogens with zero attached hydrogens (tertiary/aromatic N) is 3. The molecule has 4 rings (SSSR count). The molecule has 1 aliphatic heterocycles. The van der Waals surface area contributed by atoms with E-state index < -0.39 is 0 Å². The minimum Gasteiger partial charge on any atom is -0.465 e. The number of hydrogen-bond donors (Lipinski definition) is 0. The first-order valence-corrected chi connectivity index (χ1v) is 12.6. The number of aliphatic imine (C=N–C) groups is 1. The molecule has 0 radical (unpaired) electrons. The van der Waals surface area contributed by atoms with Crippen molar-refractivity contribution in [3.63, 3.8) is 0 Å². The molecule has 170 valence electrons. The molecule has 6 nitrogen and oxygen atoms in total. The van der Waals surface area contributed by atoms with E-state index in [-0.39, 0.29) is 18.4 Å². The number of hydrogen-bond acceptors (Lipinski definition) is 6. The third kappa shape index (κ3) is 4.72. The van der Waals surface area contributed by atoms with E-state index in [0.29, 0.717) is 16.7 Å². The zero-order chi connectivity index (χ0) is 23.5. The van der Waals surface area contributed by atoms with Gasteiger partial charge in [0.1, 0.15) is 6.54 Å². The number of aromatic nitrogens is 1. The molecule has 0 unspecified atom stereocenters. The van der Waals surface area contributed by atoms with Crippen molar-refractivity contribution in [2.24, 2.45) is 4.99 Å². The molecule has 0 bridgehead atoms. The van der Waals surface area contributed by atoms with Gasteiger partial charge in [0, 0.05) is 34.1 Å². The lowest BCUT2D eigenvalue weighted by Gasteiger charge is -2.08. The van der Waals surface area contributed by atoms with E-state index in [0.717, 1.165) is 32.7 Å². The van der Waals surface area contributed by atoms with Crippen LogP contribution in [0.3, 0.4) is 0 Å². The number of benzene rings is 2. The summed E-state index contributed by atoms with van der Waals surface area (Å²) >= 11 is 3.01. The van der Waals surface area contributed by atoms with Crippen LogP contribution in [0.5, 0.6) is 0 Å². The highest BCUT2D eigenvalue weighted by molar-refractivity contribution is 8.18. The molecule has 1 fully saturated rings. The fraction of sp³-hybridized carbons (Fsp3) is 0.240. The average Bonchev–Trinajstić information content (AvgIpc) is 3.23. The molecule has 0 saturated carbocycles. The van der Waals surface area contributed by atoms with Gasteiger partial charge in [-0.2, -0.15) is 0 Å². The number of carbonyl (C=O) groups excluding carboxylic acids is 2. The Morgan fingerprint density at radius 1 is 1.21 bits per heavy atom. The Hall–Kier alpha value is -2.97. The highest BCUT2D eigenvalue weighted by atomic mass is 32.2. The zero-order valence-corrected chi connectivity index (χ0v) is 20.6. The fourth-order valence-corrected chi connectivity index (χ4v) is 5.17. The maximum absolute atomic E-state index is 13.0. The van der Waals surface area contributed by atoms with Crippen molar-refractivity contribution >= 4 is 63.2 Å². The summed E-state index contributed by atoms with van der Waals surface area (Å²) in [5.74, 6) is -0.380. The van der Waals surface area contributed by atoms with E-state index in [2.05, 4.69) is 0 Å². The van der Waals surface area contributed by atoms with Crippen LogP contribution in [-0.2, 0) is 20.9 Å². The van der Waals surface area contributed by atoms with Gasteiger partial charge in [-0.05, 0) is 62.2 Å². The predicted octanol–water partition coefficient (Wildman–Crippen LogP) is 5.47. The fourth-order valence-electron chi connectivity index (χ4n) is 3.75. The molecule has 0 atom stereocenters. The summed E-state index contributed by atoms with van der Waals surface area (Å²) in [7, 11) is 1.74. The van der Waals surface area contributed by atoms with E-state index in [1.54, 1.807) is 30.6 Å². The van der Waals surface area contributed by atoms with Crippen molar-refractivity contribution in [3.05, 3.63) is 64.7 Å². The average molecular weight is 480 g/mol. The molecule has 2 aromatic carbocycles. The van der Waals surface area contributed by atoms with Crippen molar-refractivity contribution in [3.8, 4) is 0 Å². The predicted molar refractivity (Wildman–Crippen MR) is 137 cm³/mol. The molecule has 1 saturated heterocycles. The van der Waals surface area contributed by atoms with Gasteiger partial charge in [0.15, 0.2) is 5.17 Å². The number of thioether (sulfide) groups is 2. The lowest BCUT2D eigenvalue weighted by molar-refractivity contribution is -0.143. The van der Waals surface area contributed by atoms with Gasteiger partial charge in [-0.3, -0.25) is 14.5 Å². The number of ether oxygens (including phenoxy) is 1. The van der Waals surface area contributed by atoms with Crippen LogP contribution in [-0.4, -0.2) is 46.4 Å². The maximum Gasteiger partial charge on any atom is 0.325 e. The first-order valence-electron chi connectivity index (χ1n) is 10.6. The minimum absolute atomic E-state index is 0.0959. The summed E-state index contributed by atoms with van der Waals surface area (Å²) < 4.78 is 7.09. The van der Waals surface area contributed by atoms with Crippen molar-refractivity contribution in [2.75, 3.05) is 19.9 Å². The van der Waals surface area contributed by atoms with Gasteiger partial charge in [-0.25, -0.2) is 4.99 Å². The second-order valence-corrected chi connectivity index (χ2v) is 9.37. The number of para-hydroxylation sites is 1. The summed E-state index contributed by atoms with van der Waals surface area (Å²) in [6, 6.07) is 15.8. The van der Waals surface area contributed by atoms with Crippen LogP contribution in [0.15, 0.2) is 63.3 Å². The summed E-state index contributed by atoms with van der Waals surface area (Å²) in [5, 5.41) is 1.62. The minimum atomic E-state index is -0.284. The quantitative estimate of drug-likeness (QED) is 0.267. The van der Waals surface area contributed by atoms with Gasteiger partial charge in [-0.1, -0.05) is 24.3 Å². The lowest BCUT2D eigenvalue weighted by Crippen LogP contribution is -2.23. The van der Waals surface area contributed by atoms with Crippen LogP contribution < -0.4 is 0 Å². The Kier molecular flexibility index (Phi) is 6.95. The third-order valence-electron chi connectivity index (χ3n) is 5.43. The largest absolute Gasteiger partial charge is 0.465 e. The van der Waals surface area contributed by atoms with Crippen LogP contribution in [0.25, 0.3) is 17.0 Å². The van der Waals surface area contributed by atoms with Crippen molar-refractivity contribution in [1.82, 2.24) is 9.47 Å². The van der Waals surface area contributed by atoms with E-state index in [1.165, 1.54) is 11.8 Å². The molecular weight excluding hydrogens is 454 g/mol. The number of amides is 1. The van der Waals surface area contributed by atoms with Crippen LogP contribution in [0.4, 0.5) is 5.69 Å². The molecule has 1 amide bonds. The zero-order valence-electron chi connectivity index (χ0n) is 19.0. The molecule has 0 N–H and O–H groups in total. The van der Waals surface area contributed by atoms with Crippen molar-refractivity contribution < 1.29 is 14.3 Å². The highest BCUT2D eigenvalue weighted by Crippen LogP contribution is 2.36. The van der Waals surface area contributed by atoms with Gasteiger partial charge < -0.3 is 9.30 Å². The van der Waals surface area contributed by atoms with Gasteiger partial charge in [0.05, 0.1) is 17.2 Å². The standard InChI is InChI=1S/C25H25N3O3S2/c1-5-31-23(29)15-28-16(2)20(19-11-6-7-12-21(19)28)14-22-24(30)27(3)25(33-22)26-17-9-8-10-18(13-17)32-4/h6-14H,5,15H2,1-4H3/b22-14-,26-25?. The van der Waals surface area contributed by atoms with Crippen molar-refractivity contribution in [1.29, 1.82) is 0 Å². The third-order valence-corrected chi connectivity index (χ3v) is 7.21. The number of fused-ring (bicyclic) bond motifs is 1. The Balaban J connectivity index is 1.72. The second kappa shape index (κ2) is 9.89. The van der Waals surface area contributed by atoms with Gasteiger partial charge in [0.2, 0.25) is 0 Å². The van der Waals surface area contributed by atoms with Gasteiger partial charge in [0.25, 0.3) is 5.91 Å².